The van der Waals surface area contributed by atoms with Gasteiger partial charge in [-0.25, -0.2) is 4.99 Å². The van der Waals surface area contributed by atoms with Crippen LogP contribution in [-0.4, -0.2) is 35.8 Å². The quantitative estimate of drug-likeness (QED) is 0.245. The van der Waals surface area contributed by atoms with Crippen LogP contribution in [0.1, 0.15) is 48.4 Å². The molecule has 3 aromatic carbocycles. The lowest BCUT2D eigenvalue weighted by Crippen LogP contribution is -2.33. The van der Waals surface area contributed by atoms with Crippen LogP contribution in [0.5, 0.6) is 0 Å². The van der Waals surface area contributed by atoms with Gasteiger partial charge in [0.15, 0.2) is 0 Å². The Hall–Kier alpha value is -4.42. The van der Waals surface area contributed by atoms with Crippen LogP contribution in [0.25, 0.3) is 0 Å². The van der Waals surface area contributed by atoms with E-state index in [4.69, 9.17) is 5.73 Å². The Balaban J connectivity index is 1.47. The van der Waals surface area contributed by atoms with Crippen LogP contribution in [0.3, 0.4) is 0 Å². The molecule has 2 aliphatic carbocycles. The first-order chi connectivity index (χ1) is 20.2. The number of nitriles is 1. The van der Waals surface area contributed by atoms with Crippen molar-refractivity contribution < 1.29 is 18.0 Å². The number of nitrogens with two attached hydrogens (primary N) is 1. The minimum absolute atomic E-state index is 0.0353. The molecule has 9 heteroatoms. The molecule has 6 nitrogen and oxygen atoms in total. The van der Waals surface area contributed by atoms with E-state index in [1.54, 1.807) is 6.07 Å². The minimum Gasteiger partial charge on any atom is -0.395 e. The normalized spacial score (nSPS) is 16.6. The summed E-state index contributed by atoms with van der Waals surface area (Å²) >= 11 is 0. The molecule has 2 fully saturated rings. The number of amides is 1. The van der Waals surface area contributed by atoms with Crippen LogP contribution in [0.4, 0.5) is 24.5 Å². The van der Waals surface area contributed by atoms with Gasteiger partial charge in [-0.1, -0.05) is 48.5 Å². The molecule has 0 heterocycles. The summed E-state index contributed by atoms with van der Waals surface area (Å²) in [7, 11) is 0. The largest absolute Gasteiger partial charge is 0.430 e. The third kappa shape index (κ3) is 7.86. The molecule has 0 spiro atoms. The molecule has 5 rings (SSSR count). The lowest BCUT2D eigenvalue weighted by Gasteiger charge is -2.33. The number of halogens is 3. The van der Waals surface area contributed by atoms with Gasteiger partial charge in [0.2, 0.25) is 0 Å². The number of benzene rings is 3. The van der Waals surface area contributed by atoms with Crippen molar-refractivity contribution in [1.82, 2.24) is 4.90 Å². The van der Waals surface area contributed by atoms with E-state index < -0.39 is 23.5 Å². The Kier molecular flexibility index (Phi) is 8.74. The van der Waals surface area contributed by atoms with Gasteiger partial charge in [0.1, 0.15) is 11.4 Å². The van der Waals surface area contributed by atoms with E-state index in [9.17, 15) is 23.2 Å². The Bertz CT molecular complexity index is 1500. The highest BCUT2D eigenvalue weighted by atomic mass is 19.4. The lowest BCUT2D eigenvalue weighted by atomic mass is 9.95. The molecule has 3 N–H and O–H groups in total. The minimum atomic E-state index is -4.84. The predicted octanol–water partition coefficient (Wildman–Crippen LogP) is 6.89. The molecular weight excluding hydrogens is 539 g/mol. The molecule has 1 atom stereocenters. The highest BCUT2D eigenvalue weighted by Gasteiger charge is 2.34. The summed E-state index contributed by atoms with van der Waals surface area (Å²) in [5.41, 5.74) is 6.22. The molecule has 3 aromatic rings. The molecule has 0 bridgehead atoms. The number of anilines is 1. The summed E-state index contributed by atoms with van der Waals surface area (Å²) in [5, 5.41) is 11.9. The second-order valence-corrected chi connectivity index (χ2v) is 11.0. The van der Waals surface area contributed by atoms with Crippen molar-refractivity contribution in [2.75, 3.05) is 18.4 Å². The average molecular weight is 572 g/mol. The van der Waals surface area contributed by atoms with Crippen molar-refractivity contribution in [2.24, 2.45) is 22.6 Å². The molecule has 42 heavy (non-hydrogen) atoms. The van der Waals surface area contributed by atoms with Gasteiger partial charge < -0.3 is 11.1 Å². The van der Waals surface area contributed by atoms with Crippen LogP contribution in [-0.2, 0) is 4.79 Å². The lowest BCUT2D eigenvalue weighted by molar-refractivity contribution is -0.110. The molecule has 0 aliphatic heterocycles. The van der Waals surface area contributed by atoms with Crippen LogP contribution >= 0.6 is 0 Å². The van der Waals surface area contributed by atoms with Gasteiger partial charge in [-0.15, -0.1) is 0 Å². The number of nitrogens with one attached hydrogen (secondary N) is 1. The Morgan fingerprint density at radius 2 is 1.62 bits per heavy atom. The molecule has 2 saturated carbocycles. The fourth-order valence-electron chi connectivity index (χ4n) is 4.94. The second kappa shape index (κ2) is 12.6. The van der Waals surface area contributed by atoms with Gasteiger partial charge in [-0.3, -0.25) is 9.69 Å². The van der Waals surface area contributed by atoms with Crippen molar-refractivity contribution in [3.05, 3.63) is 107 Å². The number of hydrogen-bond acceptors (Lipinski definition) is 5. The molecule has 0 aromatic heterocycles. The molecular formula is C33H32F3N5O. The van der Waals surface area contributed by atoms with E-state index in [1.165, 1.54) is 49.9 Å². The topological polar surface area (TPSA) is 94.5 Å². The number of alkyl halides is 3. The van der Waals surface area contributed by atoms with Gasteiger partial charge in [-0.05, 0) is 85.1 Å². The van der Waals surface area contributed by atoms with Gasteiger partial charge >= 0.3 is 6.18 Å². The van der Waals surface area contributed by atoms with Crippen molar-refractivity contribution >= 4 is 23.0 Å². The molecule has 0 saturated heterocycles. The summed E-state index contributed by atoms with van der Waals surface area (Å²) in [6, 6.07) is 25.5. The van der Waals surface area contributed by atoms with E-state index >= 15 is 0 Å². The summed E-state index contributed by atoms with van der Waals surface area (Å²) in [6.45, 7) is 1.99. The van der Waals surface area contributed by atoms with Crippen molar-refractivity contribution in [2.45, 2.75) is 37.9 Å². The summed E-state index contributed by atoms with van der Waals surface area (Å²) in [6.07, 6.45) is 0.585. The summed E-state index contributed by atoms with van der Waals surface area (Å²) < 4.78 is 39.9. The fraction of sp³-hybridized carbons (Fsp3) is 0.303. The Morgan fingerprint density at radius 3 is 2.24 bits per heavy atom. The van der Waals surface area contributed by atoms with Gasteiger partial charge in [-0.2, -0.15) is 18.4 Å². The van der Waals surface area contributed by atoms with E-state index in [0.717, 1.165) is 24.2 Å². The second-order valence-electron chi connectivity index (χ2n) is 11.0. The molecule has 0 radical (unpaired) electrons. The molecule has 2 aliphatic rings. The van der Waals surface area contributed by atoms with Crippen molar-refractivity contribution in [1.29, 1.82) is 5.26 Å². The van der Waals surface area contributed by atoms with Crippen LogP contribution < -0.4 is 11.1 Å². The zero-order valence-corrected chi connectivity index (χ0v) is 23.0. The number of hydrogen-bond donors (Lipinski definition) is 2. The van der Waals surface area contributed by atoms with Crippen molar-refractivity contribution in [3.63, 3.8) is 0 Å². The maximum absolute atomic E-state index is 13.3. The number of allylic oxidation sites excluding steroid dienone is 1. The van der Waals surface area contributed by atoms with Crippen molar-refractivity contribution in [3.8, 4) is 6.07 Å². The van der Waals surface area contributed by atoms with Crippen LogP contribution in [0.2, 0.25) is 0 Å². The Morgan fingerprint density at radius 1 is 0.976 bits per heavy atom. The predicted molar refractivity (Wildman–Crippen MR) is 157 cm³/mol. The van der Waals surface area contributed by atoms with Gasteiger partial charge in [0, 0.05) is 18.8 Å². The van der Waals surface area contributed by atoms with Gasteiger partial charge in [0.25, 0.3) is 5.91 Å². The summed E-state index contributed by atoms with van der Waals surface area (Å²) in [4.78, 5) is 20.0. The smallest absolute Gasteiger partial charge is 0.395 e. The monoisotopic (exact) mass is 571 g/mol. The number of carbonyl (C=O) groups excluding carboxylic acids is 1. The van der Waals surface area contributed by atoms with Gasteiger partial charge in [0.05, 0.1) is 23.4 Å². The maximum Gasteiger partial charge on any atom is 0.430 e. The Labute approximate surface area is 243 Å². The first-order valence-corrected chi connectivity index (χ1v) is 14.0. The fourth-order valence-corrected chi connectivity index (χ4v) is 4.94. The van der Waals surface area contributed by atoms with Crippen LogP contribution in [0.15, 0.2) is 95.6 Å². The SMILES string of the molecule is N#Cc1cccc(N=C(C=C(N)C(F)(F)F)C(=O)Nc2cccc(C(c3ccccc3)N(CC3CC3)CC3CC3)c2)c1. The first kappa shape index (κ1) is 29.1. The van der Waals surface area contributed by atoms with E-state index in [2.05, 4.69) is 27.3 Å². The number of carbonyl (C=O) groups is 1. The number of rotatable bonds is 11. The average Bonchev–Trinajstić information content (AvgIpc) is 3.91. The van der Waals surface area contributed by atoms with E-state index in [-0.39, 0.29) is 17.3 Å². The number of aliphatic imine (C=N–C) groups is 1. The standard InChI is InChI=1S/C33H32F3N5O/c34-33(35,36)30(38)18-29(39-27-10-4-6-24(16-27)19-37)32(42)40-28-11-5-9-26(17-28)31(25-7-2-1-3-8-25)41(20-22-12-13-22)21-23-14-15-23/h1-11,16-18,22-23,31H,12-15,20-21,38H2,(H,40,42). The molecule has 1 unspecified atom stereocenters. The zero-order valence-electron chi connectivity index (χ0n) is 23.0. The highest BCUT2D eigenvalue weighted by Crippen LogP contribution is 2.39. The maximum atomic E-state index is 13.3. The third-order valence-electron chi connectivity index (χ3n) is 7.40. The first-order valence-electron chi connectivity index (χ1n) is 14.0. The van der Waals surface area contributed by atoms with Crippen LogP contribution in [0, 0.1) is 23.2 Å². The number of nitrogens with zero attached hydrogens (tertiary/aromatic N) is 3. The summed E-state index contributed by atoms with van der Waals surface area (Å²) in [5.74, 6) is 0.509. The molecule has 216 valence electrons. The third-order valence-corrected chi connectivity index (χ3v) is 7.40. The molecule has 1 amide bonds. The van der Waals surface area contributed by atoms with E-state index in [1.807, 2.05) is 42.5 Å². The van der Waals surface area contributed by atoms with E-state index in [0.29, 0.717) is 23.6 Å². The zero-order chi connectivity index (χ0) is 29.7. The highest BCUT2D eigenvalue weighted by molar-refractivity contribution is 6.47.